The number of aromatic nitrogens is 2. The van der Waals surface area contributed by atoms with Crippen LogP contribution in [0.3, 0.4) is 0 Å². The van der Waals surface area contributed by atoms with Gasteiger partial charge in [0.15, 0.2) is 6.61 Å². The summed E-state index contributed by atoms with van der Waals surface area (Å²) in [5.74, 6) is -2.54. The van der Waals surface area contributed by atoms with Gasteiger partial charge in [0.2, 0.25) is 5.89 Å². The van der Waals surface area contributed by atoms with Gasteiger partial charge in [0.05, 0.1) is 6.61 Å². The highest BCUT2D eigenvalue weighted by molar-refractivity contribution is 5.93. The van der Waals surface area contributed by atoms with Crippen molar-refractivity contribution in [3.05, 3.63) is 40.9 Å². The third-order valence-electron chi connectivity index (χ3n) is 2.79. The first-order valence-electron chi connectivity index (χ1n) is 7.25. The van der Waals surface area contributed by atoms with Crippen LogP contribution in [0.1, 0.15) is 6.92 Å². The second-order valence-corrected chi connectivity index (χ2v) is 4.63. The van der Waals surface area contributed by atoms with Crippen LogP contribution < -0.4 is 11.1 Å². The summed E-state index contributed by atoms with van der Waals surface area (Å²) in [6.45, 7) is 0.429. The zero-order chi connectivity index (χ0) is 18.2. The maximum Gasteiger partial charge on any atom is 0.437 e. The fourth-order valence-corrected chi connectivity index (χ4v) is 1.73. The van der Waals surface area contributed by atoms with Crippen LogP contribution in [0.4, 0.5) is 4.79 Å². The standard InChI is InChI=1S/C15H15N3O7/c1-2-23-14(21)16-11(19)9-24-12(20)8-18-15(22)25-13(17-18)10-6-4-3-5-7-10/h3-7H,2,8-9H2,1H3,(H,16,19,21). The Kier molecular flexibility index (Phi) is 6.04. The van der Waals surface area contributed by atoms with Crippen LogP contribution in [0.5, 0.6) is 0 Å². The van der Waals surface area contributed by atoms with Crippen molar-refractivity contribution in [3.8, 4) is 11.5 Å². The predicted octanol–water partition coefficient (Wildman–Crippen LogP) is 0.319. The largest absolute Gasteiger partial charge is 0.454 e. The van der Waals surface area contributed by atoms with Crippen LogP contribution >= 0.6 is 0 Å². The lowest BCUT2D eigenvalue weighted by Crippen LogP contribution is -2.35. The third kappa shape index (κ3) is 5.30. The van der Waals surface area contributed by atoms with Crippen molar-refractivity contribution in [1.29, 1.82) is 0 Å². The molecule has 132 valence electrons. The fourth-order valence-electron chi connectivity index (χ4n) is 1.73. The van der Waals surface area contributed by atoms with E-state index in [2.05, 4.69) is 14.6 Å². The first kappa shape index (κ1) is 17.9. The van der Waals surface area contributed by atoms with E-state index in [1.165, 1.54) is 0 Å². The number of esters is 1. The number of alkyl carbamates (subject to hydrolysis) is 1. The lowest BCUT2D eigenvalue weighted by atomic mass is 10.2. The normalized spacial score (nSPS) is 10.1. The second kappa shape index (κ2) is 8.43. The van der Waals surface area contributed by atoms with Crippen molar-refractivity contribution in [1.82, 2.24) is 15.1 Å². The number of imide groups is 1. The molecule has 2 rings (SSSR count). The Labute approximate surface area is 141 Å². The Bertz CT molecular complexity index is 810. The summed E-state index contributed by atoms with van der Waals surface area (Å²) in [7, 11) is 0. The molecule has 10 heteroatoms. The number of carbonyl (C=O) groups excluding carboxylic acids is 3. The lowest BCUT2D eigenvalue weighted by Gasteiger charge is -2.05. The van der Waals surface area contributed by atoms with E-state index >= 15 is 0 Å². The van der Waals surface area contributed by atoms with Crippen LogP contribution in [0.15, 0.2) is 39.5 Å². The van der Waals surface area contributed by atoms with Crippen molar-refractivity contribution in [2.75, 3.05) is 13.2 Å². The first-order chi connectivity index (χ1) is 12.0. The Balaban J connectivity index is 1.89. The summed E-state index contributed by atoms with van der Waals surface area (Å²) < 4.78 is 14.9. The van der Waals surface area contributed by atoms with Gasteiger partial charge >= 0.3 is 17.8 Å². The van der Waals surface area contributed by atoms with Gasteiger partial charge in [-0.05, 0) is 19.1 Å². The smallest absolute Gasteiger partial charge is 0.437 e. The van der Waals surface area contributed by atoms with Crippen LogP contribution in [0, 0.1) is 0 Å². The summed E-state index contributed by atoms with van der Waals surface area (Å²) in [6, 6.07) is 8.65. The molecule has 0 radical (unpaired) electrons. The summed E-state index contributed by atoms with van der Waals surface area (Å²) in [5, 5.41) is 5.74. The van der Waals surface area contributed by atoms with Crippen molar-refractivity contribution >= 4 is 18.0 Å². The number of hydrogen-bond acceptors (Lipinski definition) is 8. The maximum atomic E-state index is 11.7. The lowest BCUT2D eigenvalue weighted by molar-refractivity contribution is -0.149. The molecule has 1 N–H and O–H groups in total. The molecule has 10 nitrogen and oxygen atoms in total. The minimum absolute atomic E-state index is 0.0541. The molecule has 0 saturated heterocycles. The molecule has 1 heterocycles. The number of rotatable bonds is 6. The topological polar surface area (TPSA) is 130 Å². The van der Waals surface area contributed by atoms with Crippen molar-refractivity contribution < 1.29 is 28.3 Å². The molecule has 25 heavy (non-hydrogen) atoms. The molecule has 1 aromatic carbocycles. The van der Waals surface area contributed by atoms with Crippen LogP contribution in [-0.4, -0.2) is 41.0 Å². The SMILES string of the molecule is CCOC(=O)NC(=O)COC(=O)Cn1nc(-c2ccccc2)oc1=O. The summed E-state index contributed by atoms with van der Waals surface area (Å²) in [6.07, 6.45) is -0.941. The zero-order valence-corrected chi connectivity index (χ0v) is 13.3. The van der Waals surface area contributed by atoms with E-state index in [1.54, 1.807) is 37.3 Å². The third-order valence-corrected chi connectivity index (χ3v) is 2.79. The van der Waals surface area contributed by atoms with E-state index in [9.17, 15) is 19.2 Å². The zero-order valence-electron chi connectivity index (χ0n) is 13.3. The molecule has 1 aromatic heterocycles. The van der Waals surface area contributed by atoms with Gasteiger partial charge in [0.25, 0.3) is 5.91 Å². The van der Waals surface area contributed by atoms with Crippen LogP contribution in [0.25, 0.3) is 11.5 Å². The van der Waals surface area contributed by atoms with E-state index in [0.717, 1.165) is 4.68 Å². The number of hydrogen-bond donors (Lipinski definition) is 1. The number of carbonyl (C=O) groups is 3. The number of nitrogens with zero attached hydrogens (tertiary/aromatic N) is 2. The molecule has 0 unspecified atom stereocenters. The quantitative estimate of drug-likeness (QED) is 0.738. The van der Waals surface area contributed by atoms with E-state index in [4.69, 9.17) is 4.42 Å². The summed E-state index contributed by atoms with van der Waals surface area (Å²) >= 11 is 0. The molecule has 0 aliphatic carbocycles. The van der Waals surface area contributed by atoms with Gasteiger partial charge in [-0.15, -0.1) is 5.10 Å². The number of benzene rings is 1. The Morgan fingerprint density at radius 3 is 2.60 bits per heavy atom. The molecule has 2 aromatic rings. The molecule has 0 fully saturated rings. The van der Waals surface area contributed by atoms with Gasteiger partial charge in [-0.25, -0.2) is 9.59 Å². The minimum atomic E-state index is -0.941. The monoisotopic (exact) mass is 349 g/mol. The van der Waals surface area contributed by atoms with Crippen molar-refractivity contribution in [3.63, 3.8) is 0 Å². The van der Waals surface area contributed by atoms with Crippen LogP contribution in [-0.2, 0) is 25.6 Å². The van der Waals surface area contributed by atoms with E-state index < -0.39 is 36.9 Å². The number of nitrogens with one attached hydrogen (secondary N) is 1. The second-order valence-electron chi connectivity index (χ2n) is 4.63. The molecular formula is C15H15N3O7. The Morgan fingerprint density at radius 1 is 1.20 bits per heavy atom. The van der Waals surface area contributed by atoms with Gasteiger partial charge in [0, 0.05) is 5.56 Å². The van der Waals surface area contributed by atoms with Gasteiger partial charge in [0.1, 0.15) is 6.54 Å². The maximum absolute atomic E-state index is 11.7. The van der Waals surface area contributed by atoms with E-state index in [1.807, 2.05) is 5.32 Å². The average molecular weight is 349 g/mol. The summed E-state index contributed by atoms with van der Waals surface area (Å²) in [5.41, 5.74) is 0.570. The van der Waals surface area contributed by atoms with Gasteiger partial charge < -0.3 is 13.9 Å². The van der Waals surface area contributed by atoms with E-state index in [-0.39, 0.29) is 12.5 Å². The van der Waals surface area contributed by atoms with Crippen molar-refractivity contribution in [2.45, 2.75) is 13.5 Å². The average Bonchev–Trinajstić information content (AvgIpc) is 2.95. The van der Waals surface area contributed by atoms with Gasteiger partial charge in [-0.3, -0.25) is 14.9 Å². The minimum Gasteiger partial charge on any atom is -0.454 e. The van der Waals surface area contributed by atoms with Crippen LogP contribution in [0.2, 0.25) is 0 Å². The highest BCUT2D eigenvalue weighted by Crippen LogP contribution is 2.13. The molecular weight excluding hydrogens is 334 g/mol. The molecule has 0 aliphatic heterocycles. The molecule has 0 bridgehead atoms. The van der Waals surface area contributed by atoms with Gasteiger partial charge in [-0.1, -0.05) is 18.2 Å². The Morgan fingerprint density at radius 2 is 1.92 bits per heavy atom. The number of amides is 2. The fraction of sp³-hybridized carbons (Fsp3) is 0.267. The molecule has 0 atom stereocenters. The highest BCUT2D eigenvalue weighted by atomic mass is 16.6. The highest BCUT2D eigenvalue weighted by Gasteiger charge is 2.16. The van der Waals surface area contributed by atoms with Gasteiger partial charge in [-0.2, -0.15) is 4.68 Å². The molecule has 0 saturated carbocycles. The molecule has 2 amide bonds. The predicted molar refractivity (Wildman–Crippen MR) is 82.3 cm³/mol. The molecule has 0 spiro atoms. The summed E-state index contributed by atoms with van der Waals surface area (Å²) in [4.78, 5) is 45.7. The molecule has 0 aliphatic rings. The Hall–Kier alpha value is -3.43. The van der Waals surface area contributed by atoms with E-state index in [0.29, 0.717) is 5.56 Å². The van der Waals surface area contributed by atoms with Crippen molar-refractivity contribution in [2.24, 2.45) is 0 Å². The first-order valence-corrected chi connectivity index (χ1v) is 7.25. The number of ether oxygens (including phenoxy) is 2.